The minimum atomic E-state index is -0.376. The van der Waals surface area contributed by atoms with Gasteiger partial charge in [0.1, 0.15) is 5.83 Å². The van der Waals surface area contributed by atoms with Crippen LogP contribution in [0.4, 0.5) is 4.39 Å². The lowest BCUT2D eigenvalue weighted by atomic mass is 10.1. The minimum Gasteiger partial charge on any atom is -0.207 e. The van der Waals surface area contributed by atoms with E-state index in [0.29, 0.717) is 5.57 Å². The zero-order valence-electron chi connectivity index (χ0n) is 7.05. The summed E-state index contributed by atoms with van der Waals surface area (Å²) in [5.74, 6) is -0.376. The third-order valence-corrected chi connectivity index (χ3v) is 1.61. The second-order valence-corrected chi connectivity index (χ2v) is 2.64. The van der Waals surface area contributed by atoms with Crippen LogP contribution in [0.15, 0.2) is 48.3 Å². The predicted molar refractivity (Wildman–Crippen MR) is 50.3 cm³/mol. The van der Waals surface area contributed by atoms with Crippen molar-refractivity contribution in [2.45, 2.75) is 6.92 Å². The maximum Gasteiger partial charge on any atom is 0.118 e. The van der Waals surface area contributed by atoms with Crippen molar-refractivity contribution in [3.8, 4) is 0 Å². The van der Waals surface area contributed by atoms with Gasteiger partial charge in [-0.3, -0.25) is 0 Å². The molecular formula is C11H11F. The molecule has 0 saturated carbocycles. The fourth-order valence-corrected chi connectivity index (χ4v) is 0.878. The highest BCUT2D eigenvalue weighted by atomic mass is 19.1. The average molecular weight is 162 g/mol. The predicted octanol–water partition coefficient (Wildman–Crippen LogP) is 3.57. The molecule has 0 aliphatic heterocycles. The van der Waals surface area contributed by atoms with E-state index in [4.69, 9.17) is 0 Å². The molecule has 1 heteroatoms. The number of hydrogen-bond donors (Lipinski definition) is 0. The molecule has 0 fully saturated rings. The van der Waals surface area contributed by atoms with E-state index in [1.54, 1.807) is 13.0 Å². The number of allylic oxidation sites excluding steroid dienone is 2. The van der Waals surface area contributed by atoms with E-state index in [9.17, 15) is 4.39 Å². The molecule has 0 amide bonds. The van der Waals surface area contributed by atoms with Crippen molar-refractivity contribution < 1.29 is 4.39 Å². The van der Waals surface area contributed by atoms with Gasteiger partial charge in [-0.25, -0.2) is 4.39 Å². The standard InChI is InChI=1S/C11H11F/c1-9(10(2)12)8-11-6-4-3-5-7-11/h3-8H,2H2,1H3/b9-8+. The maximum atomic E-state index is 12.5. The summed E-state index contributed by atoms with van der Waals surface area (Å²) in [6, 6.07) is 9.61. The molecule has 12 heavy (non-hydrogen) atoms. The van der Waals surface area contributed by atoms with Gasteiger partial charge in [0.15, 0.2) is 0 Å². The molecule has 0 aromatic heterocycles. The van der Waals surface area contributed by atoms with Gasteiger partial charge in [-0.1, -0.05) is 36.9 Å². The van der Waals surface area contributed by atoms with Crippen molar-refractivity contribution in [2.24, 2.45) is 0 Å². The molecule has 0 saturated heterocycles. The minimum absolute atomic E-state index is 0.376. The summed E-state index contributed by atoms with van der Waals surface area (Å²) in [5.41, 5.74) is 1.56. The number of benzene rings is 1. The lowest BCUT2D eigenvalue weighted by Gasteiger charge is -1.95. The SMILES string of the molecule is C=C(F)/C(C)=C/c1ccccc1. The molecule has 0 aliphatic carbocycles. The molecule has 62 valence electrons. The Hall–Kier alpha value is -1.37. The molecule has 0 unspecified atom stereocenters. The second-order valence-electron chi connectivity index (χ2n) is 2.64. The zero-order valence-corrected chi connectivity index (χ0v) is 7.05. The second kappa shape index (κ2) is 3.86. The van der Waals surface area contributed by atoms with Crippen LogP contribution in [0.3, 0.4) is 0 Å². The van der Waals surface area contributed by atoms with E-state index in [1.165, 1.54) is 0 Å². The molecule has 0 bridgehead atoms. The third kappa shape index (κ3) is 2.35. The van der Waals surface area contributed by atoms with Gasteiger partial charge in [-0.05, 0) is 24.1 Å². The summed E-state index contributed by atoms with van der Waals surface area (Å²) < 4.78 is 12.5. The monoisotopic (exact) mass is 162 g/mol. The highest BCUT2D eigenvalue weighted by molar-refractivity contribution is 5.55. The van der Waals surface area contributed by atoms with Gasteiger partial charge >= 0.3 is 0 Å². The van der Waals surface area contributed by atoms with Crippen LogP contribution < -0.4 is 0 Å². The van der Waals surface area contributed by atoms with E-state index in [0.717, 1.165) is 5.56 Å². The summed E-state index contributed by atoms with van der Waals surface area (Å²) >= 11 is 0. The van der Waals surface area contributed by atoms with Crippen LogP contribution in [-0.2, 0) is 0 Å². The van der Waals surface area contributed by atoms with Gasteiger partial charge in [0.05, 0.1) is 0 Å². The summed E-state index contributed by atoms with van der Waals surface area (Å²) in [5, 5.41) is 0. The first-order valence-corrected chi connectivity index (χ1v) is 3.78. The molecule has 0 atom stereocenters. The van der Waals surface area contributed by atoms with E-state index in [-0.39, 0.29) is 5.83 Å². The van der Waals surface area contributed by atoms with Gasteiger partial charge in [0.25, 0.3) is 0 Å². The molecule has 0 N–H and O–H groups in total. The van der Waals surface area contributed by atoms with Crippen molar-refractivity contribution in [2.75, 3.05) is 0 Å². The van der Waals surface area contributed by atoms with E-state index >= 15 is 0 Å². The van der Waals surface area contributed by atoms with Crippen LogP contribution >= 0.6 is 0 Å². The topological polar surface area (TPSA) is 0 Å². The highest BCUT2D eigenvalue weighted by Crippen LogP contribution is 2.12. The third-order valence-electron chi connectivity index (χ3n) is 1.61. The number of hydrogen-bond acceptors (Lipinski definition) is 0. The van der Waals surface area contributed by atoms with Gasteiger partial charge in [0.2, 0.25) is 0 Å². The average Bonchev–Trinajstić information content (AvgIpc) is 2.06. The molecular weight excluding hydrogens is 151 g/mol. The Kier molecular flexibility index (Phi) is 2.81. The van der Waals surface area contributed by atoms with Gasteiger partial charge in [-0.2, -0.15) is 0 Å². The zero-order chi connectivity index (χ0) is 8.97. The normalized spacial score (nSPS) is 11.3. The molecule has 0 radical (unpaired) electrons. The Morgan fingerprint density at radius 3 is 2.42 bits per heavy atom. The highest BCUT2D eigenvalue weighted by Gasteiger charge is 1.93. The summed E-state index contributed by atoms with van der Waals surface area (Å²) in [6.07, 6.45) is 1.77. The Labute approximate surface area is 72.0 Å². The van der Waals surface area contributed by atoms with Crippen LogP contribution in [0.2, 0.25) is 0 Å². The Bertz CT molecular complexity index is 296. The van der Waals surface area contributed by atoms with Gasteiger partial charge < -0.3 is 0 Å². The van der Waals surface area contributed by atoms with Gasteiger partial charge in [0, 0.05) is 0 Å². The Balaban J connectivity index is 2.89. The van der Waals surface area contributed by atoms with E-state index < -0.39 is 0 Å². The van der Waals surface area contributed by atoms with E-state index in [2.05, 4.69) is 6.58 Å². The summed E-state index contributed by atoms with van der Waals surface area (Å²) in [4.78, 5) is 0. The van der Waals surface area contributed by atoms with Crippen molar-refractivity contribution in [3.63, 3.8) is 0 Å². The van der Waals surface area contributed by atoms with Crippen LogP contribution in [0.25, 0.3) is 6.08 Å². The first-order chi connectivity index (χ1) is 5.70. The summed E-state index contributed by atoms with van der Waals surface area (Å²) in [7, 11) is 0. The molecule has 0 nitrogen and oxygen atoms in total. The molecule has 0 aliphatic rings. The maximum absolute atomic E-state index is 12.5. The molecule has 1 aromatic rings. The van der Waals surface area contributed by atoms with Crippen LogP contribution in [0.1, 0.15) is 12.5 Å². The molecule has 0 spiro atoms. The quantitative estimate of drug-likeness (QED) is 0.583. The first-order valence-electron chi connectivity index (χ1n) is 3.78. The number of rotatable bonds is 2. The van der Waals surface area contributed by atoms with Crippen LogP contribution in [-0.4, -0.2) is 0 Å². The summed E-state index contributed by atoms with van der Waals surface area (Å²) in [6.45, 7) is 4.92. The molecule has 1 rings (SSSR count). The van der Waals surface area contributed by atoms with Crippen molar-refractivity contribution in [3.05, 3.63) is 53.9 Å². The fraction of sp³-hybridized carbons (Fsp3) is 0.0909. The van der Waals surface area contributed by atoms with Crippen molar-refractivity contribution in [1.82, 2.24) is 0 Å². The Morgan fingerprint density at radius 2 is 1.92 bits per heavy atom. The van der Waals surface area contributed by atoms with Crippen molar-refractivity contribution in [1.29, 1.82) is 0 Å². The van der Waals surface area contributed by atoms with Crippen LogP contribution in [0, 0.1) is 0 Å². The lowest BCUT2D eigenvalue weighted by Crippen LogP contribution is -1.75. The van der Waals surface area contributed by atoms with Crippen molar-refractivity contribution >= 4 is 6.08 Å². The van der Waals surface area contributed by atoms with Gasteiger partial charge in [-0.15, -0.1) is 0 Å². The molecule has 1 aromatic carbocycles. The Morgan fingerprint density at radius 1 is 1.33 bits per heavy atom. The largest absolute Gasteiger partial charge is 0.207 e. The lowest BCUT2D eigenvalue weighted by molar-refractivity contribution is 0.657. The van der Waals surface area contributed by atoms with Crippen LogP contribution in [0.5, 0.6) is 0 Å². The molecule has 0 heterocycles. The van der Waals surface area contributed by atoms with E-state index in [1.807, 2.05) is 30.3 Å². The fourth-order valence-electron chi connectivity index (χ4n) is 0.878. The number of halogens is 1. The first kappa shape index (κ1) is 8.72. The smallest absolute Gasteiger partial charge is 0.118 e.